The van der Waals surface area contributed by atoms with E-state index in [0.29, 0.717) is 5.92 Å². The average Bonchev–Trinajstić information content (AvgIpc) is 3.60. The average molecular weight is 529 g/mol. The molecule has 0 bridgehead atoms. The van der Waals surface area contributed by atoms with Gasteiger partial charge in [-0.2, -0.15) is 0 Å². The number of hydrogen-bond donors (Lipinski definition) is 0. The summed E-state index contributed by atoms with van der Waals surface area (Å²) >= 11 is 0. The predicted molar refractivity (Wildman–Crippen MR) is 132 cm³/mol. The molecular formula is C28H33FeN4O3. The van der Waals surface area contributed by atoms with Gasteiger partial charge in [0.15, 0.2) is 0 Å². The van der Waals surface area contributed by atoms with E-state index in [4.69, 9.17) is 14.7 Å². The zero-order chi connectivity index (χ0) is 24.5. The molecule has 1 aliphatic heterocycles. The van der Waals surface area contributed by atoms with Gasteiger partial charge in [0, 0.05) is 18.4 Å². The number of aromatic nitrogens is 2. The zero-order valence-electron chi connectivity index (χ0n) is 21.0. The fraction of sp³-hybridized carbons (Fsp3) is 0.500. The van der Waals surface area contributed by atoms with E-state index in [1.54, 1.807) is 0 Å². The molecule has 0 spiro atoms. The summed E-state index contributed by atoms with van der Waals surface area (Å²) in [6.45, 7) is 3.96. The number of carbonyl (C=O) groups is 1. The molecule has 8 heteroatoms. The topological polar surface area (TPSA) is 91.9 Å². The first-order valence-electron chi connectivity index (χ1n) is 12.7. The van der Waals surface area contributed by atoms with E-state index < -0.39 is 12.1 Å². The van der Waals surface area contributed by atoms with E-state index in [-0.39, 0.29) is 47.4 Å². The predicted octanol–water partition coefficient (Wildman–Crippen LogP) is 3.55. The number of fused-ring (bicyclic) bond motifs is 2. The molecule has 4 atom stereocenters. The van der Waals surface area contributed by atoms with Gasteiger partial charge in [-0.1, -0.05) is 50.7 Å². The van der Waals surface area contributed by atoms with Gasteiger partial charge >= 0.3 is 17.1 Å². The maximum Gasteiger partial charge on any atom is 2.00 e. The van der Waals surface area contributed by atoms with E-state index in [2.05, 4.69) is 30.0 Å². The molecule has 191 valence electrons. The molecule has 2 heterocycles. The first-order chi connectivity index (χ1) is 16.9. The third-order valence-electron chi connectivity index (χ3n) is 7.71. The number of amides is 1. The molecule has 2 aliphatic carbocycles. The van der Waals surface area contributed by atoms with Crippen molar-refractivity contribution in [2.45, 2.75) is 70.5 Å². The second-order valence-electron chi connectivity index (χ2n) is 10.2. The van der Waals surface area contributed by atoms with Gasteiger partial charge in [0.25, 0.3) is 0 Å². The maximum absolute atomic E-state index is 13.8. The molecular weight excluding hydrogens is 496 g/mol. The summed E-state index contributed by atoms with van der Waals surface area (Å²) in [5.41, 5.74) is 2.84. The summed E-state index contributed by atoms with van der Waals surface area (Å²) in [6, 6.07) is 5.83. The van der Waals surface area contributed by atoms with E-state index >= 15 is 0 Å². The van der Waals surface area contributed by atoms with Crippen LogP contribution in [0.4, 0.5) is 0 Å². The van der Waals surface area contributed by atoms with Crippen LogP contribution in [0.3, 0.4) is 0 Å². The quantitative estimate of drug-likeness (QED) is 0.324. The zero-order valence-corrected chi connectivity index (χ0v) is 22.1. The summed E-state index contributed by atoms with van der Waals surface area (Å²) in [7, 11) is 1.31. The summed E-state index contributed by atoms with van der Waals surface area (Å²) in [5.74, 6) is 2.44. The van der Waals surface area contributed by atoms with Crippen molar-refractivity contribution in [2.24, 2.45) is 16.8 Å². The van der Waals surface area contributed by atoms with Crippen LogP contribution in [-0.4, -0.2) is 41.1 Å². The smallest absolute Gasteiger partial charge is 0.604 e. The number of hydrogen-bond acceptors (Lipinski definition) is 5. The fourth-order valence-electron chi connectivity index (χ4n) is 5.83. The van der Waals surface area contributed by atoms with Gasteiger partial charge in [-0.25, -0.2) is 0 Å². The summed E-state index contributed by atoms with van der Waals surface area (Å²) in [5, 5.41) is 11.8. The number of methoxy groups -OCH3 is 1. The third-order valence-corrected chi connectivity index (χ3v) is 7.71. The molecule has 3 fully saturated rings. The van der Waals surface area contributed by atoms with E-state index in [0.717, 1.165) is 54.0 Å². The summed E-state index contributed by atoms with van der Waals surface area (Å²) in [6.07, 6.45) is 13.2. The Bertz CT molecular complexity index is 1080. The molecule has 36 heavy (non-hydrogen) atoms. The van der Waals surface area contributed by atoms with Crippen LogP contribution < -0.4 is 10.1 Å². The monoisotopic (exact) mass is 529 g/mol. The molecule has 0 N–H and O–H groups in total. The standard InChI is InChI=1S/C28H34N4O3.Fe/c1-17(2)22(31-28(34)35-3)16-26(33)32-24-11-7-6-10-20(24)15-25(32)27-29-21-13-12-19(14-23(21)30-27)18-8-4-5-9-18;/h4-5,8-9,12-14,17,20,22,24-25H,6-7,10-11,15-16H2,1-3H3,(H-,29,30,31,34);/q-1;+2/p-1/t20-,22+,24-,25-;/m0./s1. The van der Waals surface area contributed by atoms with Gasteiger partial charge in [-0.3, -0.25) is 9.79 Å². The Morgan fingerprint density at radius 3 is 2.72 bits per heavy atom. The number of rotatable bonds is 6. The Kier molecular flexibility index (Phi) is 8.67. The second kappa shape index (κ2) is 11.6. The first kappa shape index (κ1) is 27.0. The van der Waals surface area contributed by atoms with Gasteiger partial charge in [0.2, 0.25) is 5.91 Å². The maximum atomic E-state index is 13.8. The number of ether oxygens (including phenoxy) is 1. The Morgan fingerprint density at radius 1 is 1.25 bits per heavy atom. The van der Waals surface area contributed by atoms with Crippen LogP contribution in [0.1, 0.15) is 69.8 Å². The van der Waals surface area contributed by atoms with Crippen molar-refractivity contribution in [3.05, 3.63) is 61.2 Å². The van der Waals surface area contributed by atoms with Crippen molar-refractivity contribution >= 4 is 23.0 Å². The second-order valence-corrected chi connectivity index (χ2v) is 10.2. The summed E-state index contributed by atoms with van der Waals surface area (Å²) in [4.78, 5) is 29.7. The van der Waals surface area contributed by atoms with E-state index in [1.807, 2.05) is 37.7 Å². The first-order valence-corrected chi connectivity index (χ1v) is 12.7. The number of imidazole rings is 1. The number of aliphatic imine (C=N–C) groups is 1. The van der Waals surface area contributed by atoms with Crippen LogP contribution in [0.2, 0.25) is 0 Å². The Hall–Kier alpha value is -2.05. The molecule has 2 saturated carbocycles. The fourth-order valence-corrected chi connectivity index (χ4v) is 5.83. The number of nitrogens with zero attached hydrogens (tertiary/aromatic N) is 4. The third kappa shape index (κ3) is 5.45. The van der Waals surface area contributed by atoms with Crippen molar-refractivity contribution in [1.82, 2.24) is 14.9 Å². The minimum atomic E-state index is -0.628. The van der Waals surface area contributed by atoms with Crippen LogP contribution in [0.5, 0.6) is 0 Å². The van der Waals surface area contributed by atoms with Gasteiger partial charge in [-0.15, -0.1) is 0 Å². The Labute approximate surface area is 225 Å². The van der Waals surface area contributed by atoms with Crippen LogP contribution >= 0.6 is 0 Å². The molecule has 5 rings (SSSR count). The van der Waals surface area contributed by atoms with Crippen molar-refractivity contribution in [1.29, 1.82) is 0 Å². The molecule has 2 aromatic rings. The molecule has 1 saturated heterocycles. The normalized spacial score (nSPS) is 25.7. The van der Waals surface area contributed by atoms with Gasteiger partial charge in [0.1, 0.15) is 6.08 Å². The number of benzene rings is 1. The Balaban J connectivity index is 0.00000304. The number of carbonyl (C=O) groups excluding carboxylic acids is 1. The van der Waals surface area contributed by atoms with Crippen LogP contribution in [0.25, 0.3) is 11.0 Å². The van der Waals surface area contributed by atoms with Gasteiger partial charge < -0.3 is 24.7 Å². The van der Waals surface area contributed by atoms with Crippen molar-refractivity contribution in [3.63, 3.8) is 0 Å². The molecule has 3 aliphatic rings. The molecule has 5 radical (unpaired) electrons. The van der Waals surface area contributed by atoms with Crippen LogP contribution in [0.15, 0.2) is 23.2 Å². The largest absolute Gasteiger partial charge is 2.00 e. The van der Waals surface area contributed by atoms with Gasteiger partial charge in [-0.05, 0) is 80.5 Å². The summed E-state index contributed by atoms with van der Waals surface area (Å²) < 4.78 is 4.73. The molecule has 1 aromatic carbocycles. The molecule has 1 amide bonds. The van der Waals surface area contributed by atoms with Gasteiger partial charge in [0.05, 0.1) is 12.1 Å². The molecule has 7 nitrogen and oxygen atoms in total. The van der Waals surface area contributed by atoms with Crippen molar-refractivity contribution < 1.29 is 31.7 Å². The van der Waals surface area contributed by atoms with Crippen molar-refractivity contribution in [3.8, 4) is 0 Å². The molecule has 0 unspecified atom stereocenters. The SMILES string of the molecule is COC([O-])=N[C@H](CC(=O)N1[C@H](c2nc3cc([C]4[CH][CH][CH][CH]4)ccc3[n-]2)C[C@@H]2CCCC[C@@H]21)C(C)C.[Fe+2]. The minimum Gasteiger partial charge on any atom is -0.604 e. The molecule has 1 aromatic heterocycles. The van der Waals surface area contributed by atoms with E-state index in [1.165, 1.54) is 13.5 Å². The van der Waals surface area contributed by atoms with E-state index in [9.17, 15) is 9.90 Å². The Morgan fingerprint density at radius 2 is 2.00 bits per heavy atom. The minimum absolute atomic E-state index is 0. The van der Waals surface area contributed by atoms with Crippen molar-refractivity contribution in [2.75, 3.05) is 7.11 Å². The van der Waals surface area contributed by atoms with Crippen LogP contribution in [0, 0.1) is 43.4 Å². The number of likely N-dealkylation sites (tertiary alicyclic amines) is 1. The van der Waals surface area contributed by atoms with Crippen LogP contribution in [-0.2, 0) is 26.6 Å².